The van der Waals surface area contributed by atoms with E-state index in [-0.39, 0.29) is 5.41 Å². The molecule has 0 radical (unpaired) electrons. The smallest absolute Gasteiger partial charge is 0.150 e. The van der Waals surface area contributed by atoms with Crippen molar-refractivity contribution in [1.82, 2.24) is 19.9 Å². The number of hydrogen-bond donors (Lipinski definition) is 4. The van der Waals surface area contributed by atoms with E-state index in [0.29, 0.717) is 12.5 Å². The molecule has 0 spiro atoms. The van der Waals surface area contributed by atoms with E-state index in [4.69, 9.17) is 24.2 Å². The van der Waals surface area contributed by atoms with Crippen molar-refractivity contribution >= 4 is 18.0 Å². The van der Waals surface area contributed by atoms with Crippen LogP contribution in [0.1, 0.15) is 46.6 Å². The number of H-pyrrole nitrogens is 1. The van der Waals surface area contributed by atoms with Gasteiger partial charge in [-0.15, -0.1) is 0 Å². The maximum absolute atomic E-state index is 7.00. The highest BCUT2D eigenvalue weighted by atomic mass is 32.2. The predicted molar refractivity (Wildman–Crippen MR) is 153 cm³/mol. The number of fused-ring (bicyclic) bond motifs is 1. The Morgan fingerprint density at radius 3 is 2.62 bits per heavy atom. The van der Waals surface area contributed by atoms with Crippen LogP contribution in [-0.4, -0.2) is 72.5 Å². The van der Waals surface area contributed by atoms with E-state index in [0.717, 1.165) is 69.7 Å². The van der Waals surface area contributed by atoms with Crippen molar-refractivity contribution in [3.8, 4) is 17.0 Å². The minimum absolute atomic E-state index is 0.00600. The summed E-state index contributed by atoms with van der Waals surface area (Å²) < 4.78 is 14.8. The molecule has 2 aromatic rings. The lowest BCUT2D eigenvalue weighted by molar-refractivity contribution is 0.291. The highest BCUT2D eigenvalue weighted by Crippen LogP contribution is 2.43. The molecule has 1 saturated heterocycles. The van der Waals surface area contributed by atoms with Crippen LogP contribution in [0, 0.1) is 5.92 Å². The third kappa shape index (κ3) is 9.46. The van der Waals surface area contributed by atoms with Gasteiger partial charge in [0.1, 0.15) is 11.6 Å². The van der Waals surface area contributed by atoms with E-state index in [1.807, 2.05) is 26.0 Å². The summed E-state index contributed by atoms with van der Waals surface area (Å²) in [7, 11) is 2.00. The lowest BCUT2D eigenvalue weighted by Crippen LogP contribution is -2.22. The van der Waals surface area contributed by atoms with Crippen LogP contribution in [0.3, 0.4) is 0 Å². The predicted octanol–water partition coefficient (Wildman–Crippen LogP) is 4.52. The number of rotatable bonds is 7. The van der Waals surface area contributed by atoms with Gasteiger partial charge in [-0.05, 0) is 18.6 Å². The summed E-state index contributed by atoms with van der Waals surface area (Å²) in [6, 6.07) is 10.2. The molecule has 1 aromatic carbocycles. The summed E-state index contributed by atoms with van der Waals surface area (Å²) >= 11 is 1.33. The van der Waals surface area contributed by atoms with Crippen LogP contribution < -0.4 is 14.4 Å². The molecule has 3 heterocycles. The van der Waals surface area contributed by atoms with Crippen molar-refractivity contribution < 1.29 is 19.1 Å². The second kappa shape index (κ2) is 18.0. The van der Waals surface area contributed by atoms with Crippen LogP contribution in [-0.2, 0) is 9.60 Å². The number of aromatic nitrogens is 3. The minimum Gasteiger partial charge on any atom is -0.492 e. The monoisotopic (exact) mass is 535 g/mol. The van der Waals surface area contributed by atoms with Gasteiger partial charge in [0.2, 0.25) is 0 Å². The molecule has 4 N–H and O–H groups in total. The van der Waals surface area contributed by atoms with E-state index in [9.17, 15) is 0 Å². The molecule has 0 bridgehead atoms. The Labute approximate surface area is 226 Å². The number of nitrogens with one attached hydrogen (secondary N) is 2. The largest absolute Gasteiger partial charge is 0.492 e. The normalized spacial score (nSPS) is 16.5. The average molecular weight is 536 g/mol. The van der Waals surface area contributed by atoms with Gasteiger partial charge < -0.3 is 24.0 Å². The molecule has 2 aliphatic heterocycles. The van der Waals surface area contributed by atoms with Gasteiger partial charge in [0.15, 0.2) is 0 Å². The molecule has 0 amide bonds. The van der Waals surface area contributed by atoms with Crippen molar-refractivity contribution in [2.24, 2.45) is 5.92 Å². The number of anilines is 1. The van der Waals surface area contributed by atoms with Gasteiger partial charge in [-0.3, -0.25) is 10.1 Å². The Morgan fingerprint density at radius 2 is 1.89 bits per heavy atom. The summed E-state index contributed by atoms with van der Waals surface area (Å²) in [5, 5.41) is 22.0. The van der Waals surface area contributed by atoms with E-state index >= 15 is 0 Å². The van der Waals surface area contributed by atoms with Crippen LogP contribution >= 0.6 is 12.2 Å². The summed E-state index contributed by atoms with van der Waals surface area (Å²) in [5.74, 6) is 2.29. The minimum atomic E-state index is 0.00600. The van der Waals surface area contributed by atoms with Crippen molar-refractivity contribution in [2.45, 2.75) is 46.5 Å². The standard InChI is InChI=1S/C23H31N5O2S.C2H6.2CH4O/c1-4-25-31-30-15-17-10-13-28(14-17)21-9-12-24-11-8-20(26-27-21)18-6-5-7-19-22(18)29-16-23(19,2)3;3*1-2/h5-9,11-12,17,25-26H,4,10,13-16H2,1-3H3;1-2H3;2*2H,1H3/t17-;;;/m1.../s1. The third-order valence-corrected chi connectivity index (χ3v) is 6.38. The number of aromatic amines is 1. The Hall–Kier alpha value is -2.37. The number of hydrogen-bond acceptors (Lipinski definition) is 9. The lowest BCUT2D eigenvalue weighted by atomic mass is 9.86. The zero-order valence-corrected chi connectivity index (χ0v) is 24.1. The first-order chi connectivity index (χ1) is 18.1. The summed E-state index contributed by atoms with van der Waals surface area (Å²) in [6.45, 7) is 14.6. The van der Waals surface area contributed by atoms with Crippen LogP contribution in [0.5, 0.6) is 5.75 Å². The second-order valence-electron chi connectivity index (χ2n) is 8.60. The Balaban J connectivity index is 0.00000106. The molecule has 0 unspecified atom stereocenters. The van der Waals surface area contributed by atoms with E-state index in [1.165, 1.54) is 17.8 Å². The first-order valence-corrected chi connectivity index (χ1v) is 13.5. The second-order valence-corrected chi connectivity index (χ2v) is 9.29. The highest BCUT2D eigenvalue weighted by Gasteiger charge is 2.33. The molecule has 2 aliphatic rings. The van der Waals surface area contributed by atoms with Gasteiger partial charge in [0, 0.05) is 74.8 Å². The molecule has 1 atom stereocenters. The Morgan fingerprint density at radius 1 is 1.16 bits per heavy atom. The average Bonchev–Trinajstić information content (AvgIpc) is 3.56. The fourth-order valence-corrected chi connectivity index (χ4v) is 4.43. The van der Waals surface area contributed by atoms with E-state index < -0.39 is 0 Å². The number of aliphatic hydroxyl groups excluding tert-OH is 2. The van der Waals surface area contributed by atoms with Crippen LogP contribution in [0.2, 0.25) is 0 Å². The molecule has 0 saturated carbocycles. The van der Waals surface area contributed by atoms with Crippen molar-refractivity contribution in [3.05, 3.63) is 48.3 Å². The van der Waals surface area contributed by atoms with Gasteiger partial charge >= 0.3 is 0 Å². The molecular weight excluding hydrogens is 490 g/mol. The molecule has 37 heavy (non-hydrogen) atoms. The van der Waals surface area contributed by atoms with Gasteiger partial charge in [0.25, 0.3) is 0 Å². The summed E-state index contributed by atoms with van der Waals surface area (Å²) in [5.41, 5.74) is 3.12. The molecule has 1 fully saturated rings. The van der Waals surface area contributed by atoms with Gasteiger partial charge in [-0.25, -0.2) is 4.72 Å². The maximum atomic E-state index is 7.00. The van der Waals surface area contributed by atoms with Crippen molar-refractivity contribution in [2.75, 3.05) is 52.0 Å². The molecule has 9 nitrogen and oxygen atoms in total. The molecule has 10 heteroatoms. The maximum Gasteiger partial charge on any atom is 0.150 e. The third-order valence-electron chi connectivity index (χ3n) is 5.72. The zero-order chi connectivity index (χ0) is 27.7. The molecule has 208 valence electrons. The van der Waals surface area contributed by atoms with E-state index in [1.54, 1.807) is 12.4 Å². The molecular formula is C27H45N5O4S. The van der Waals surface area contributed by atoms with Gasteiger partial charge in [0.05, 0.1) is 31.1 Å². The molecule has 0 aliphatic carbocycles. The first kappa shape index (κ1) is 32.7. The number of nitrogens with zero attached hydrogens (tertiary/aromatic N) is 3. The SMILES string of the molecule is CC.CCNSOC[C@@H]1CCN(c2ccnccc(-c3cccc4c3OCC4(C)C)[nH]n2)C1.CO.CO. The van der Waals surface area contributed by atoms with Gasteiger partial charge in [-0.1, -0.05) is 46.8 Å². The Bertz CT molecular complexity index is 956. The number of aliphatic hydroxyl groups is 2. The van der Waals surface area contributed by atoms with Crippen molar-refractivity contribution in [3.63, 3.8) is 0 Å². The van der Waals surface area contributed by atoms with E-state index in [2.05, 4.69) is 58.7 Å². The quantitative estimate of drug-likeness (QED) is 0.231. The number of benzene rings is 1. The van der Waals surface area contributed by atoms with Crippen LogP contribution in [0.15, 0.2) is 42.7 Å². The number of para-hydroxylation sites is 1. The first-order valence-electron chi connectivity index (χ1n) is 12.7. The summed E-state index contributed by atoms with van der Waals surface area (Å²) in [6.07, 6.45) is 4.66. The van der Waals surface area contributed by atoms with Crippen molar-refractivity contribution in [1.29, 1.82) is 0 Å². The van der Waals surface area contributed by atoms with Crippen LogP contribution in [0.4, 0.5) is 5.82 Å². The summed E-state index contributed by atoms with van der Waals surface area (Å²) in [4.78, 5) is 6.67. The fourth-order valence-electron chi connectivity index (χ4n) is 3.97. The molecule has 4 rings (SSSR count). The lowest BCUT2D eigenvalue weighted by Gasteiger charge is -2.16. The van der Waals surface area contributed by atoms with Crippen LogP contribution in [0.25, 0.3) is 11.3 Å². The zero-order valence-electron chi connectivity index (χ0n) is 23.3. The van der Waals surface area contributed by atoms with Gasteiger partial charge in [-0.2, -0.15) is 5.10 Å². The Kier molecular flexibility index (Phi) is 15.9. The fraction of sp³-hybridized carbons (Fsp3) is 0.556. The highest BCUT2D eigenvalue weighted by molar-refractivity contribution is 7.92. The molecule has 1 aromatic heterocycles. The topological polar surface area (TPSA) is 116 Å². The number of ether oxygens (including phenoxy) is 1.